The first kappa shape index (κ1) is 18.6. The van der Waals surface area contributed by atoms with E-state index in [9.17, 15) is 8.78 Å². The van der Waals surface area contributed by atoms with Gasteiger partial charge in [0.05, 0.1) is 0 Å². The van der Waals surface area contributed by atoms with Crippen molar-refractivity contribution in [3.05, 3.63) is 0 Å². The van der Waals surface area contributed by atoms with Crippen molar-refractivity contribution in [3.8, 4) is 0 Å². The fourth-order valence-electron chi connectivity index (χ4n) is 0. The monoisotopic (exact) mass is 196 g/mol. The van der Waals surface area contributed by atoms with Crippen LogP contribution in [0.3, 0.4) is 0 Å². The second-order valence-electron chi connectivity index (χ2n) is 3.23. The Morgan fingerprint density at radius 3 is 1.23 bits per heavy atom. The van der Waals surface area contributed by atoms with Gasteiger partial charge in [-0.25, -0.2) is 8.78 Å². The van der Waals surface area contributed by atoms with E-state index in [0.717, 1.165) is 12.8 Å². The van der Waals surface area contributed by atoms with Gasteiger partial charge in [-0.15, -0.1) is 0 Å². The van der Waals surface area contributed by atoms with Gasteiger partial charge in [-0.3, -0.25) is 0 Å². The lowest BCUT2D eigenvalue weighted by Gasteiger charge is -2.02. The number of rotatable bonds is 2. The minimum atomic E-state index is -2.46. The van der Waals surface area contributed by atoms with Crippen molar-refractivity contribution < 1.29 is 8.78 Å². The molecule has 0 bridgehead atoms. The first-order valence-electron chi connectivity index (χ1n) is 5.21. The van der Waals surface area contributed by atoms with Crippen LogP contribution in [0.15, 0.2) is 0 Å². The van der Waals surface area contributed by atoms with Crippen LogP contribution in [0.5, 0.6) is 0 Å². The van der Waals surface area contributed by atoms with Crippen molar-refractivity contribution in [1.82, 2.24) is 0 Å². The molecule has 0 N–H and O–H groups in total. The summed E-state index contributed by atoms with van der Waals surface area (Å²) in [6.07, 6.45) is 1.24. The van der Waals surface area contributed by atoms with E-state index < -0.39 is 5.92 Å². The van der Waals surface area contributed by atoms with Gasteiger partial charge in [-0.2, -0.15) is 0 Å². The molecular weight excluding hydrogens is 170 g/mol. The predicted molar refractivity (Wildman–Crippen MR) is 57.4 cm³/mol. The highest BCUT2D eigenvalue weighted by Gasteiger charge is 2.15. The van der Waals surface area contributed by atoms with Gasteiger partial charge in [0.2, 0.25) is 5.92 Å². The third kappa shape index (κ3) is 48.8. The Kier molecular flexibility index (Phi) is 17.0. The number of halogens is 2. The number of hydrogen-bond donors (Lipinski definition) is 0. The van der Waals surface area contributed by atoms with E-state index in [1.54, 1.807) is 0 Å². The molecule has 0 unspecified atom stereocenters. The topological polar surface area (TPSA) is 0 Å². The quantitative estimate of drug-likeness (QED) is 0.574. The van der Waals surface area contributed by atoms with E-state index >= 15 is 0 Å². The van der Waals surface area contributed by atoms with Gasteiger partial charge in [0.25, 0.3) is 0 Å². The average molecular weight is 196 g/mol. The summed E-state index contributed by atoms with van der Waals surface area (Å²) >= 11 is 0. The molecule has 0 aliphatic rings. The van der Waals surface area contributed by atoms with Crippen LogP contribution in [0.25, 0.3) is 0 Å². The first-order chi connectivity index (χ1) is 5.83. The van der Waals surface area contributed by atoms with Crippen LogP contribution in [-0.2, 0) is 0 Å². The van der Waals surface area contributed by atoms with Crippen LogP contribution in [0, 0.1) is 5.92 Å². The molecule has 0 spiro atoms. The molecule has 2 heteroatoms. The van der Waals surface area contributed by atoms with Crippen LogP contribution in [0.4, 0.5) is 8.78 Å². The van der Waals surface area contributed by atoms with Crippen LogP contribution in [0.2, 0.25) is 0 Å². The molecule has 0 heterocycles. The van der Waals surface area contributed by atoms with Crippen molar-refractivity contribution in [3.63, 3.8) is 0 Å². The van der Waals surface area contributed by atoms with E-state index in [4.69, 9.17) is 0 Å². The van der Waals surface area contributed by atoms with Crippen molar-refractivity contribution >= 4 is 0 Å². The molecule has 0 aromatic heterocycles. The standard InChI is InChI=1S/C5H12.C4H8F2.C2H6/c1-4-5(2)3;1-3-4(2,5)6;1-2/h5H,4H2,1-3H3;3H2,1-2H3;1-2H3. The summed E-state index contributed by atoms with van der Waals surface area (Å²) in [6.45, 7) is 13.0. The van der Waals surface area contributed by atoms with E-state index in [1.807, 2.05) is 13.8 Å². The predicted octanol–water partition coefficient (Wildman–Crippen LogP) is 5.13. The Bertz CT molecular complexity index is 72.6. The molecule has 84 valence electrons. The Hall–Kier alpha value is -0.140. The molecule has 0 aromatic rings. The second kappa shape index (κ2) is 11.9. The molecule has 0 aromatic carbocycles. The SMILES string of the molecule is CC.CCC(C)(F)F.CCC(C)C. The van der Waals surface area contributed by atoms with E-state index in [2.05, 4.69) is 20.8 Å². The van der Waals surface area contributed by atoms with Gasteiger partial charge >= 0.3 is 0 Å². The summed E-state index contributed by atoms with van der Waals surface area (Å²) in [5.41, 5.74) is 0. The maximum absolute atomic E-state index is 11.5. The zero-order valence-electron chi connectivity index (χ0n) is 10.2. The molecule has 0 radical (unpaired) electrons. The van der Waals surface area contributed by atoms with Crippen molar-refractivity contribution in [2.24, 2.45) is 5.92 Å². The maximum Gasteiger partial charge on any atom is 0.245 e. The molecule has 0 aliphatic carbocycles. The third-order valence-corrected chi connectivity index (χ3v) is 1.44. The smallest absolute Gasteiger partial charge is 0.207 e. The molecule has 0 saturated heterocycles. The molecule has 0 aliphatic heterocycles. The van der Waals surface area contributed by atoms with Crippen molar-refractivity contribution in [2.75, 3.05) is 0 Å². The van der Waals surface area contributed by atoms with Gasteiger partial charge in [-0.05, 0) is 12.8 Å². The average Bonchev–Trinajstić information content (AvgIpc) is 2.08. The number of alkyl halides is 2. The van der Waals surface area contributed by atoms with Gasteiger partial charge in [0, 0.05) is 6.42 Å². The van der Waals surface area contributed by atoms with E-state index in [0.29, 0.717) is 0 Å². The Labute approximate surface area is 82.7 Å². The maximum atomic E-state index is 11.5. The molecule has 0 nitrogen and oxygen atoms in total. The van der Waals surface area contributed by atoms with E-state index in [1.165, 1.54) is 13.3 Å². The normalized spacial score (nSPS) is 9.69. The highest BCUT2D eigenvalue weighted by molar-refractivity contribution is 4.50. The lowest BCUT2D eigenvalue weighted by atomic mass is 10.2. The van der Waals surface area contributed by atoms with E-state index in [-0.39, 0.29) is 6.42 Å². The summed E-state index contributed by atoms with van der Waals surface area (Å²) in [7, 11) is 0. The Morgan fingerprint density at radius 2 is 1.23 bits per heavy atom. The minimum Gasteiger partial charge on any atom is -0.207 e. The largest absolute Gasteiger partial charge is 0.245 e. The zero-order valence-corrected chi connectivity index (χ0v) is 10.2. The third-order valence-electron chi connectivity index (χ3n) is 1.44. The van der Waals surface area contributed by atoms with Gasteiger partial charge in [0.15, 0.2) is 0 Å². The zero-order chi connectivity index (χ0) is 11.5. The first-order valence-corrected chi connectivity index (χ1v) is 5.21. The summed E-state index contributed by atoms with van der Waals surface area (Å²) in [5.74, 6) is -1.57. The fourth-order valence-corrected chi connectivity index (χ4v) is 0. The fraction of sp³-hybridized carbons (Fsp3) is 1.00. The summed E-state index contributed by atoms with van der Waals surface area (Å²) in [5, 5.41) is 0. The van der Waals surface area contributed by atoms with Crippen LogP contribution in [0.1, 0.15) is 61.3 Å². The highest BCUT2D eigenvalue weighted by atomic mass is 19.3. The summed E-state index contributed by atoms with van der Waals surface area (Å²) in [6, 6.07) is 0. The van der Waals surface area contributed by atoms with Crippen LogP contribution in [-0.4, -0.2) is 5.92 Å². The molecule has 13 heavy (non-hydrogen) atoms. The molecule has 0 saturated carbocycles. The van der Waals surface area contributed by atoms with Crippen molar-refractivity contribution in [2.45, 2.75) is 67.2 Å². The number of hydrogen-bond acceptors (Lipinski definition) is 0. The van der Waals surface area contributed by atoms with Gasteiger partial charge < -0.3 is 0 Å². The second-order valence-corrected chi connectivity index (χ2v) is 3.23. The molecule has 0 amide bonds. The minimum absolute atomic E-state index is 0.0625. The highest BCUT2D eigenvalue weighted by Crippen LogP contribution is 2.14. The van der Waals surface area contributed by atoms with Crippen LogP contribution >= 0.6 is 0 Å². The Balaban J connectivity index is -0.000000131. The summed E-state index contributed by atoms with van der Waals surface area (Å²) in [4.78, 5) is 0. The summed E-state index contributed by atoms with van der Waals surface area (Å²) < 4.78 is 22.9. The molecule has 0 fully saturated rings. The van der Waals surface area contributed by atoms with Gasteiger partial charge in [-0.1, -0.05) is 48.0 Å². The van der Waals surface area contributed by atoms with Gasteiger partial charge in [0.1, 0.15) is 0 Å². The Morgan fingerprint density at radius 1 is 1.08 bits per heavy atom. The molecular formula is C11H26F2. The molecule has 0 rings (SSSR count). The lowest BCUT2D eigenvalue weighted by molar-refractivity contribution is 0.0181. The lowest BCUT2D eigenvalue weighted by Crippen LogP contribution is -2.05. The van der Waals surface area contributed by atoms with Crippen LogP contribution < -0.4 is 0 Å². The van der Waals surface area contributed by atoms with Crippen molar-refractivity contribution in [1.29, 1.82) is 0 Å². The molecule has 0 atom stereocenters.